The highest BCUT2D eigenvalue weighted by Crippen LogP contribution is 2.39. The van der Waals surface area contributed by atoms with E-state index >= 15 is 0 Å². The van der Waals surface area contributed by atoms with Gasteiger partial charge in [-0.1, -0.05) is 25.7 Å². The maximum atomic E-state index is 11.3. The molecule has 1 aliphatic heterocycles. The Morgan fingerprint density at radius 2 is 1.83 bits per heavy atom. The van der Waals surface area contributed by atoms with Crippen molar-refractivity contribution in [3.63, 3.8) is 0 Å². The average Bonchev–Trinajstić information content (AvgIpc) is 3.12. The molecule has 0 aromatic heterocycles. The van der Waals surface area contributed by atoms with Crippen LogP contribution in [0.3, 0.4) is 0 Å². The molecule has 6 heteroatoms. The van der Waals surface area contributed by atoms with E-state index < -0.39 is 10.2 Å². The summed E-state index contributed by atoms with van der Waals surface area (Å²) in [6.45, 7) is 1.72. The maximum absolute atomic E-state index is 11.3. The first kappa shape index (κ1) is 14.2. The Labute approximate surface area is 110 Å². The molecule has 1 saturated carbocycles. The maximum Gasteiger partial charge on any atom is 0.276 e. The van der Waals surface area contributed by atoms with Crippen molar-refractivity contribution in [2.45, 2.75) is 44.9 Å². The first-order valence-corrected chi connectivity index (χ1v) is 8.43. The summed E-state index contributed by atoms with van der Waals surface area (Å²) < 4.78 is 23.9. The average molecular weight is 275 g/mol. The van der Waals surface area contributed by atoms with Gasteiger partial charge in [0.15, 0.2) is 0 Å². The van der Waals surface area contributed by atoms with Crippen LogP contribution in [0.2, 0.25) is 0 Å². The van der Waals surface area contributed by atoms with E-state index in [0.29, 0.717) is 19.6 Å². The zero-order chi connectivity index (χ0) is 13.2. The molecule has 4 N–H and O–H groups in total. The number of hydrogen-bond acceptors (Lipinski definition) is 3. The number of piperidine rings is 1. The van der Waals surface area contributed by atoms with Crippen LogP contribution in [-0.2, 0) is 10.2 Å². The van der Waals surface area contributed by atoms with Crippen molar-refractivity contribution in [2.75, 3.05) is 19.6 Å². The van der Waals surface area contributed by atoms with Gasteiger partial charge in [-0.15, -0.1) is 0 Å². The van der Waals surface area contributed by atoms with Gasteiger partial charge in [0.05, 0.1) is 0 Å². The quantitative estimate of drug-likeness (QED) is 0.751. The minimum Gasteiger partial charge on any atom is -0.330 e. The van der Waals surface area contributed by atoms with Crippen LogP contribution in [0.1, 0.15) is 44.9 Å². The highest BCUT2D eigenvalue weighted by Gasteiger charge is 2.36. The smallest absolute Gasteiger partial charge is 0.276 e. The summed E-state index contributed by atoms with van der Waals surface area (Å²) in [6.07, 6.45) is 8.19. The van der Waals surface area contributed by atoms with E-state index in [0.717, 1.165) is 25.2 Å². The molecular weight excluding hydrogens is 250 g/mol. The van der Waals surface area contributed by atoms with Crippen molar-refractivity contribution in [2.24, 2.45) is 22.2 Å². The fourth-order valence-electron chi connectivity index (χ4n) is 2.94. The molecule has 0 spiro atoms. The van der Waals surface area contributed by atoms with Crippen LogP contribution in [0.25, 0.3) is 0 Å². The van der Waals surface area contributed by atoms with E-state index in [1.54, 1.807) is 0 Å². The Kier molecular flexibility index (Phi) is 4.31. The minimum absolute atomic E-state index is 0.149. The second-order valence-corrected chi connectivity index (χ2v) is 7.53. The van der Waals surface area contributed by atoms with E-state index in [9.17, 15) is 8.42 Å². The van der Waals surface area contributed by atoms with E-state index in [1.807, 2.05) is 0 Å². The molecule has 2 fully saturated rings. The molecule has 0 amide bonds. The van der Waals surface area contributed by atoms with E-state index in [1.165, 1.54) is 30.0 Å². The van der Waals surface area contributed by atoms with Gasteiger partial charge in [0.1, 0.15) is 0 Å². The lowest BCUT2D eigenvalue weighted by molar-refractivity contribution is 0.145. The number of nitrogens with two attached hydrogens (primary N) is 2. The molecule has 0 aromatic rings. The van der Waals surface area contributed by atoms with Gasteiger partial charge >= 0.3 is 0 Å². The summed E-state index contributed by atoms with van der Waals surface area (Å²) >= 11 is 0. The molecule has 106 valence electrons. The zero-order valence-electron chi connectivity index (χ0n) is 11.0. The first-order chi connectivity index (χ1) is 8.45. The topological polar surface area (TPSA) is 89.4 Å². The molecular formula is C12H25N3O2S. The van der Waals surface area contributed by atoms with Gasteiger partial charge in [-0.25, -0.2) is 5.14 Å². The third kappa shape index (κ3) is 3.66. The lowest BCUT2D eigenvalue weighted by atomic mass is 9.75. The Bertz CT molecular complexity index is 371. The molecule has 0 radical (unpaired) electrons. The summed E-state index contributed by atoms with van der Waals surface area (Å²) in [7, 11) is -3.52. The predicted molar refractivity (Wildman–Crippen MR) is 72.0 cm³/mol. The van der Waals surface area contributed by atoms with Gasteiger partial charge in [-0.05, 0) is 37.1 Å². The van der Waals surface area contributed by atoms with Crippen LogP contribution < -0.4 is 10.9 Å². The lowest BCUT2D eigenvalue weighted by Crippen LogP contribution is -2.48. The summed E-state index contributed by atoms with van der Waals surface area (Å²) in [5.74, 6) is 0.962. The predicted octanol–water partition coefficient (Wildman–Crippen LogP) is 0.811. The third-order valence-electron chi connectivity index (χ3n) is 4.59. The van der Waals surface area contributed by atoms with E-state index in [4.69, 9.17) is 10.9 Å². The number of hydrogen-bond donors (Lipinski definition) is 2. The van der Waals surface area contributed by atoms with Crippen molar-refractivity contribution in [3.05, 3.63) is 0 Å². The van der Waals surface area contributed by atoms with Crippen LogP contribution in [0.5, 0.6) is 0 Å². The molecule has 2 aliphatic rings. The largest absolute Gasteiger partial charge is 0.330 e. The summed E-state index contributed by atoms with van der Waals surface area (Å²) in [4.78, 5) is 0. The fourth-order valence-corrected chi connectivity index (χ4v) is 3.64. The Hall–Kier alpha value is -0.170. The third-order valence-corrected chi connectivity index (χ3v) is 5.68. The van der Waals surface area contributed by atoms with Crippen LogP contribution >= 0.6 is 0 Å². The summed E-state index contributed by atoms with van der Waals surface area (Å²) in [5, 5.41) is 5.16. The molecule has 1 heterocycles. The van der Waals surface area contributed by atoms with Gasteiger partial charge < -0.3 is 5.73 Å². The van der Waals surface area contributed by atoms with Crippen LogP contribution in [0, 0.1) is 11.3 Å². The molecule has 1 aliphatic carbocycles. The molecule has 0 bridgehead atoms. The van der Waals surface area contributed by atoms with Crippen LogP contribution in [0.15, 0.2) is 0 Å². The van der Waals surface area contributed by atoms with Gasteiger partial charge in [0, 0.05) is 13.1 Å². The van der Waals surface area contributed by atoms with E-state index in [2.05, 4.69) is 0 Å². The van der Waals surface area contributed by atoms with Crippen molar-refractivity contribution in [1.29, 1.82) is 0 Å². The van der Waals surface area contributed by atoms with Crippen LogP contribution in [-0.4, -0.2) is 32.4 Å². The lowest BCUT2D eigenvalue weighted by Gasteiger charge is -2.40. The highest BCUT2D eigenvalue weighted by molar-refractivity contribution is 7.86. The van der Waals surface area contributed by atoms with Gasteiger partial charge in [0.2, 0.25) is 0 Å². The first-order valence-electron chi connectivity index (χ1n) is 6.93. The molecule has 0 aromatic carbocycles. The fraction of sp³-hybridized carbons (Fsp3) is 1.00. The van der Waals surface area contributed by atoms with Gasteiger partial charge in [-0.3, -0.25) is 0 Å². The second kappa shape index (κ2) is 5.45. The molecule has 2 rings (SSSR count). The monoisotopic (exact) mass is 275 g/mol. The number of rotatable bonds is 6. The van der Waals surface area contributed by atoms with Crippen molar-refractivity contribution in [3.8, 4) is 0 Å². The van der Waals surface area contributed by atoms with Gasteiger partial charge in [0.25, 0.3) is 10.2 Å². The van der Waals surface area contributed by atoms with E-state index in [-0.39, 0.29) is 5.41 Å². The number of nitrogens with zero attached hydrogens (tertiary/aromatic N) is 1. The summed E-state index contributed by atoms with van der Waals surface area (Å²) in [6, 6.07) is 0. The normalized spacial score (nSPS) is 25.2. The molecule has 0 unspecified atom stereocenters. The SMILES string of the molecule is NCC1(CCCC2CC2)CCN(S(N)(=O)=O)CC1. The Morgan fingerprint density at radius 1 is 1.22 bits per heavy atom. The summed E-state index contributed by atoms with van der Waals surface area (Å²) in [5.41, 5.74) is 6.07. The zero-order valence-corrected chi connectivity index (χ0v) is 11.8. The van der Waals surface area contributed by atoms with Gasteiger partial charge in [-0.2, -0.15) is 12.7 Å². The highest BCUT2D eigenvalue weighted by atomic mass is 32.2. The minimum atomic E-state index is -3.52. The molecule has 1 saturated heterocycles. The van der Waals surface area contributed by atoms with Crippen molar-refractivity contribution >= 4 is 10.2 Å². The van der Waals surface area contributed by atoms with Crippen LogP contribution in [0.4, 0.5) is 0 Å². The van der Waals surface area contributed by atoms with Crippen molar-refractivity contribution < 1.29 is 8.42 Å². The molecule has 0 atom stereocenters. The Morgan fingerprint density at radius 3 is 2.28 bits per heavy atom. The second-order valence-electron chi connectivity index (χ2n) is 5.98. The Balaban J connectivity index is 1.82. The standard InChI is InChI=1S/C12H25N3O2S/c13-10-12(5-1-2-11-3-4-11)6-8-15(9-7-12)18(14,16)17/h11H,1-10,13H2,(H2,14,16,17). The van der Waals surface area contributed by atoms with Crippen molar-refractivity contribution in [1.82, 2.24) is 4.31 Å². The molecule has 18 heavy (non-hydrogen) atoms. The molecule has 5 nitrogen and oxygen atoms in total.